The number of quaternary nitrogens is 2. The number of aromatic nitrogens is 8. The Balaban J connectivity index is 0.737. The van der Waals surface area contributed by atoms with Gasteiger partial charge in [0, 0.05) is 23.4 Å². The molecule has 7 N–H and O–H groups in total. The van der Waals surface area contributed by atoms with Gasteiger partial charge in [-0.15, -0.1) is 10.2 Å². The van der Waals surface area contributed by atoms with Gasteiger partial charge in [0.15, 0.2) is 0 Å². The summed E-state index contributed by atoms with van der Waals surface area (Å²) in [6.45, 7) is 2.11. The van der Waals surface area contributed by atoms with Crippen molar-refractivity contribution >= 4 is 106 Å². The van der Waals surface area contributed by atoms with Crippen LogP contribution in [-0.4, -0.2) is 87.0 Å². The van der Waals surface area contributed by atoms with Gasteiger partial charge in [0.2, 0.25) is 5.13 Å². The van der Waals surface area contributed by atoms with Crippen LogP contribution in [0.5, 0.6) is 0 Å². The van der Waals surface area contributed by atoms with Crippen molar-refractivity contribution < 1.29 is 10.6 Å². The van der Waals surface area contributed by atoms with E-state index in [4.69, 9.17) is 41.0 Å². The molecule has 330 valence electrons. The minimum atomic E-state index is -1.21. The molecular formula is C48H59N13S2Sn+2. The van der Waals surface area contributed by atoms with Crippen LogP contribution in [0.15, 0.2) is 61.2 Å². The number of nitrogens with two attached hydrogens (primary N) is 2. The second-order valence-corrected chi connectivity index (χ2v) is 24.4. The van der Waals surface area contributed by atoms with Crippen molar-refractivity contribution in [3.05, 3.63) is 82.3 Å². The third-order valence-electron chi connectivity index (χ3n) is 13.2. The van der Waals surface area contributed by atoms with Crippen molar-refractivity contribution in [2.75, 3.05) is 19.4 Å². The number of hydrogen-bond acceptors (Lipinski definition) is 13. The Bertz CT molecular complexity index is 2680. The Morgan fingerprint density at radius 3 is 2.17 bits per heavy atom. The maximum atomic E-state index is 9.13. The van der Waals surface area contributed by atoms with E-state index in [1.807, 2.05) is 66.8 Å². The fourth-order valence-corrected chi connectivity index (χ4v) is 15.4. The monoisotopic (exact) mass is 1000 g/mol. The van der Waals surface area contributed by atoms with E-state index in [0.29, 0.717) is 23.3 Å². The van der Waals surface area contributed by atoms with Crippen molar-refractivity contribution in [1.29, 1.82) is 10.8 Å². The summed E-state index contributed by atoms with van der Waals surface area (Å²) in [5.41, 5.74) is 8.43. The zero-order valence-electron chi connectivity index (χ0n) is 37.1. The summed E-state index contributed by atoms with van der Waals surface area (Å²) in [5.74, 6) is 4.17. The number of nitrogens with one attached hydrogen (secondary N) is 3. The number of allylic oxidation sites excluding steroid dienone is 2. The van der Waals surface area contributed by atoms with Crippen molar-refractivity contribution in [1.82, 2.24) is 40.3 Å². The van der Waals surface area contributed by atoms with Gasteiger partial charge in [0.1, 0.15) is 17.0 Å². The molecule has 3 aliphatic rings. The molecular weight excluding hydrogens is 941 g/mol. The van der Waals surface area contributed by atoms with Gasteiger partial charge in [0.25, 0.3) is 0 Å². The molecule has 2 radical (unpaired) electrons. The second kappa shape index (κ2) is 20.8. The van der Waals surface area contributed by atoms with E-state index in [1.165, 1.54) is 72.2 Å². The number of rotatable bonds is 20. The molecule has 9 rings (SSSR count). The van der Waals surface area contributed by atoms with E-state index < -0.39 is 21.1 Å². The number of nitrogens with zero attached hydrogens (tertiary/aromatic N) is 8. The molecule has 6 aromatic rings. The summed E-state index contributed by atoms with van der Waals surface area (Å²) in [5, 5.41) is 46.5. The van der Waals surface area contributed by atoms with E-state index in [2.05, 4.69) is 52.9 Å². The third-order valence-corrected chi connectivity index (χ3v) is 19.0. The van der Waals surface area contributed by atoms with Crippen molar-refractivity contribution in [2.24, 2.45) is 17.8 Å². The predicted octanol–water partition coefficient (Wildman–Crippen LogP) is 7.02. The van der Waals surface area contributed by atoms with Crippen LogP contribution in [0.25, 0.3) is 33.2 Å². The van der Waals surface area contributed by atoms with Crippen LogP contribution in [0.3, 0.4) is 0 Å². The molecule has 13 nitrogen and oxygen atoms in total. The number of fused-ring (bicyclic) bond motifs is 2. The van der Waals surface area contributed by atoms with Crippen molar-refractivity contribution in [3.63, 3.8) is 0 Å². The van der Waals surface area contributed by atoms with Crippen LogP contribution in [0.4, 0.5) is 10.9 Å². The molecule has 3 unspecified atom stereocenters. The van der Waals surface area contributed by atoms with Crippen LogP contribution in [0, 0.1) is 28.6 Å². The molecule has 3 aliphatic carbocycles. The summed E-state index contributed by atoms with van der Waals surface area (Å²) in [6.07, 6.45) is 23.8. The average molecular weight is 1000 g/mol. The van der Waals surface area contributed by atoms with E-state index >= 15 is 0 Å². The summed E-state index contributed by atoms with van der Waals surface area (Å²) in [4.78, 5) is 19.4. The van der Waals surface area contributed by atoms with Crippen molar-refractivity contribution in [2.45, 2.75) is 109 Å². The number of hydrogen-bond donors (Lipinski definition) is 5. The second-order valence-electron chi connectivity index (χ2n) is 17.8. The fraction of sp³-hybridized carbons (Fsp3) is 0.458. The molecule has 0 spiro atoms. The van der Waals surface area contributed by atoms with Crippen LogP contribution >= 0.6 is 22.7 Å². The van der Waals surface area contributed by atoms with Crippen LogP contribution in [0.1, 0.15) is 130 Å². The van der Waals surface area contributed by atoms with Gasteiger partial charge in [-0.2, -0.15) is 0 Å². The zero-order valence-corrected chi connectivity index (χ0v) is 41.6. The van der Waals surface area contributed by atoms with E-state index in [-0.39, 0.29) is 0 Å². The van der Waals surface area contributed by atoms with Gasteiger partial charge in [-0.05, 0) is 31.0 Å². The Morgan fingerprint density at radius 1 is 0.750 bits per heavy atom. The fourth-order valence-electron chi connectivity index (χ4n) is 9.77. The van der Waals surface area contributed by atoms with E-state index in [0.717, 1.165) is 107 Å². The van der Waals surface area contributed by atoms with Crippen molar-refractivity contribution in [3.8, 4) is 0 Å². The molecule has 0 saturated heterocycles. The average Bonchev–Trinajstić information content (AvgIpc) is 3.92. The Kier molecular flexibility index (Phi) is 14.6. The summed E-state index contributed by atoms with van der Waals surface area (Å²) in [6, 6.07) is 12.3. The van der Waals surface area contributed by atoms with Gasteiger partial charge < -0.3 is 16.0 Å². The Morgan fingerprint density at radius 2 is 1.44 bits per heavy atom. The molecule has 0 aliphatic heterocycles. The van der Waals surface area contributed by atoms with Crippen LogP contribution in [-0.2, 0) is 0 Å². The van der Waals surface area contributed by atoms with Gasteiger partial charge in [-0.25, -0.2) is 4.98 Å². The quantitative estimate of drug-likeness (QED) is 0.0395. The molecule has 3 saturated carbocycles. The molecule has 0 aromatic carbocycles. The number of anilines is 2. The molecule has 64 heavy (non-hydrogen) atoms. The first-order chi connectivity index (χ1) is 31.3. The van der Waals surface area contributed by atoms with Gasteiger partial charge >= 0.3 is 235 Å². The Labute approximate surface area is 393 Å². The summed E-state index contributed by atoms with van der Waals surface area (Å²) in [7, 11) is 4.00. The molecule has 4 atom stereocenters. The first-order valence-corrected chi connectivity index (χ1v) is 27.7. The minimum absolute atomic E-state index is 0.525. The van der Waals surface area contributed by atoms with Gasteiger partial charge in [0.05, 0.1) is 23.7 Å². The molecule has 16 heteroatoms. The molecule has 6 heterocycles. The first kappa shape index (κ1) is 44.8. The standard InChI is InChI=1S/C33H40N9S2.C15H17N4.Sn/c1-35-18-26(27(34)8-4-7-22-15-24(22)14-20-9-10-23(13-20)31-40-37-19-43-31)25-16-29-28(36-17-25)11-12-30(38-29)39-33-42-41-32(44-33)21-5-2-3-6-21;1-3-5-13(16)12(10-17-2)11-8-15-14(19-9-11)6-4-7-18-15;/h11-12,16-18,20-24,34-35H,2-10,13-15H2,1H3,(H,38,39,42);4,6,8-10,16-17H,3,5H2,1-2H3;/p+2/b26-18-,34-27?;12-10-,16-13?;/t20?,22-,23?,24?;;/m0../s1. The third kappa shape index (κ3) is 10.8. The SMILES string of the molecule is CCCC(=N)/C(=C\[NH2+]C)c1cnc2cc[c]([Sn][c]3nnc(C4CCC(CC5C[C@@H]5CCCC(=N)/C(=C\[NH2+]C)c5cnc6ccc(Nc7nnc(C8CCCC8)s7)nc6c5)C4)s3)nc2c1. The Hall–Kier alpha value is -4.42. The molecule has 3 fully saturated rings. The first-order valence-electron chi connectivity index (χ1n) is 23.2. The number of pyridine rings is 4. The molecule has 0 bridgehead atoms. The van der Waals surface area contributed by atoms with E-state index in [1.54, 1.807) is 11.3 Å². The maximum absolute atomic E-state index is 9.13. The normalized spacial score (nSPS) is 20.4. The summed E-state index contributed by atoms with van der Waals surface area (Å²) < 4.78 is 2.31. The summed E-state index contributed by atoms with van der Waals surface area (Å²) >= 11 is 2.25. The zero-order chi connectivity index (χ0) is 44.0. The predicted molar refractivity (Wildman–Crippen MR) is 261 cm³/mol. The molecule has 6 aromatic heterocycles. The van der Waals surface area contributed by atoms with Crippen LogP contribution < -0.4 is 22.7 Å². The van der Waals surface area contributed by atoms with Crippen LogP contribution in [0.2, 0.25) is 0 Å². The molecule has 0 amide bonds. The van der Waals surface area contributed by atoms with Gasteiger partial charge in [-0.3, -0.25) is 4.98 Å². The van der Waals surface area contributed by atoms with Gasteiger partial charge in [-0.1, -0.05) is 24.2 Å². The topological polar surface area (TPSA) is 196 Å². The van der Waals surface area contributed by atoms with E-state index in [9.17, 15) is 0 Å².